The maximum Gasteiger partial charge on any atom is 0.409 e. The molecule has 1 fully saturated rings. The van der Waals surface area contributed by atoms with Crippen LogP contribution in [0.1, 0.15) is 6.92 Å². The van der Waals surface area contributed by atoms with Gasteiger partial charge in [0.1, 0.15) is 0 Å². The lowest BCUT2D eigenvalue weighted by Gasteiger charge is -2.34. The van der Waals surface area contributed by atoms with E-state index in [2.05, 4.69) is 19.9 Å². The third kappa shape index (κ3) is 3.56. The highest BCUT2D eigenvalue weighted by molar-refractivity contribution is 5.68. The Bertz CT molecular complexity index is 657. The summed E-state index contributed by atoms with van der Waals surface area (Å²) < 4.78 is 5.03. The number of carbonyl (C=O) groups excluding carboxylic acids is 1. The zero-order valence-electron chi connectivity index (χ0n) is 13.1. The van der Waals surface area contributed by atoms with Crippen LogP contribution in [0.15, 0.2) is 36.8 Å². The van der Waals surface area contributed by atoms with Gasteiger partial charge in [0, 0.05) is 50.3 Å². The lowest BCUT2D eigenvalue weighted by molar-refractivity contribution is 0.105. The van der Waals surface area contributed by atoms with Gasteiger partial charge in [0.05, 0.1) is 12.3 Å². The minimum Gasteiger partial charge on any atom is -0.450 e. The van der Waals surface area contributed by atoms with Crippen LogP contribution in [0.2, 0.25) is 0 Å². The predicted molar refractivity (Wildman–Crippen MR) is 86.1 cm³/mol. The quantitative estimate of drug-likeness (QED) is 0.861. The van der Waals surface area contributed by atoms with Gasteiger partial charge in [0.2, 0.25) is 5.95 Å². The van der Waals surface area contributed by atoms with Crippen molar-refractivity contribution in [3.8, 4) is 11.3 Å². The van der Waals surface area contributed by atoms with Crippen LogP contribution < -0.4 is 4.90 Å². The van der Waals surface area contributed by atoms with Crippen molar-refractivity contribution in [2.45, 2.75) is 6.92 Å². The molecule has 1 aliphatic heterocycles. The molecule has 0 N–H and O–H groups in total. The summed E-state index contributed by atoms with van der Waals surface area (Å²) in [5, 5.41) is 0. The maximum absolute atomic E-state index is 11.7. The largest absolute Gasteiger partial charge is 0.450 e. The number of nitrogens with zero attached hydrogens (tertiary/aromatic N) is 5. The molecule has 7 nitrogen and oxygen atoms in total. The second kappa shape index (κ2) is 7.04. The van der Waals surface area contributed by atoms with E-state index in [4.69, 9.17) is 4.74 Å². The van der Waals surface area contributed by atoms with Crippen LogP contribution in [-0.4, -0.2) is 58.7 Å². The number of hydrogen-bond acceptors (Lipinski definition) is 6. The first-order valence-corrected chi connectivity index (χ1v) is 7.68. The SMILES string of the molecule is CCOC(=O)N1CCN(c2nccc(-c3cccnc3)n2)CC1. The molecule has 0 saturated carbocycles. The van der Waals surface area contributed by atoms with Crippen molar-refractivity contribution in [3.05, 3.63) is 36.8 Å². The molecule has 2 aromatic heterocycles. The molecule has 0 bridgehead atoms. The van der Waals surface area contributed by atoms with E-state index >= 15 is 0 Å². The summed E-state index contributed by atoms with van der Waals surface area (Å²) in [4.78, 5) is 28.6. The second-order valence-corrected chi connectivity index (χ2v) is 5.16. The number of aromatic nitrogens is 3. The highest BCUT2D eigenvalue weighted by Crippen LogP contribution is 2.18. The molecule has 2 aromatic rings. The summed E-state index contributed by atoms with van der Waals surface area (Å²) in [5.41, 5.74) is 1.80. The highest BCUT2D eigenvalue weighted by atomic mass is 16.6. The fraction of sp³-hybridized carbons (Fsp3) is 0.375. The Morgan fingerprint density at radius 1 is 1.22 bits per heavy atom. The molecule has 0 atom stereocenters. The van der Waals surface area contributed by atoms with Gasteiger partial charge in [-0.2, -0.15) is 0 Å². The smallest absolute Gasteiger partial charge is 0.409 e. The van der Waals surface area contributed by atoms with Gasteiger partial charge < -0.3 is 14.5 Å². The summed E-state index contributed by atoms with van der Waals surface area (Å²) in [6, 6.07) is 5.72. The number of hydrogen-bond donors (Lipinski definition) is 0. The first-order valence-electron chi connectivity index (χ1n) is 7.68. The lowest BCUT2D eigenvalue weighted by Crippen LogP contribution is -2.49. The van der Waals surface area contributed by atoms with Gasteiger partial charge in [0.25, 0.3) is 0 Å². The number of amides is 1. The Morgan fingerprint density at radius 2 is 2.04 bits per heavy atom. The Morgan fingerprint density at radius 3 is 2.74 bits per heavy atom. The summed E-state index contributed by atoms with van der Waals surface area (Å²) >= 11 is 0. The molecule has 0 aliphatic carbocycles. The van der Waals surface area contributed by atoms with E-state index in [1.165, 1.54) is 0 Å². The molecule has 0 unspecified atom stereocenters. The second-order valence-electron chi connectivity index (χ2n) is 5.16. The van der Waals surface area contributed by atoms with Crippen molar-refractivity contribution in [1.29, 1.82) is 0 Å². The van der Waals surface area contributed by atoms with Gasteiger partial charge in [0.15, 0.2) is 0 Å². The standard InChI is InChI=1S/C16H19N5O2/c1-2-23-16(22)21-10-8-20(9-11-21)15-18-7-5-14(19-15)13-4-3-6-17-12-13/h3-7,12H,2,8-11H2,1H3. The number of ether oxygens (including phenoxy) is 1. The van der Waals surface area contributed by atoms with Gasteiger partial charge >= 0.3 is 6.09 Å². The predicted octanol–water partition coefficient (Wildman–Crippen LogP) is 1.82. The third-order valence-corrected chi connectivity index (χ3v) is 3.69. The Hall–Kier alpha value is -2.70. The van der Waals surface area contributed by atoms with Gasteiger partial charge in [-0.05, 0) is 25.1 Å². The third-order valence-electron chi connectivity index (χ3n) is 3.69. The zero-order chi connectivity index (χ0) is 16.1. The summed E-state index contributed by atoms with van der Waals surface area (Å²) in [7, 11) is 0. The molecule has 1 aliphatic rings. The van der Waals surface area contributed by atoms with Crippen molar-refractivity contribution in [2.75, 3.05) is 37.7 Å². The van der Waals surface area contributed by atoms with Crippen molar-refractivity contribution >= 4 is 12.0 Å². The van der Waals surface area contributed by atoms with Crippen LogP contribution in [0.3, 0.4) is 0 Å². The highest BCUT2D eigenvalue weighted by Gasteiger charge is 2.23. The minimum absolute atomic E-state index is 0.253. The summed E-state index contributed by atoms with van der Waals surface area (Å²) in [5.74, 6) is 0.676. The molecule has 3 heterocycles. The van der Waals surface area contributed by atoms with Gasteiger partial charge in [-0.3, -0.25) is 4.98 Å². The van der Waals surface area contributed by atoms with Crippen LogP contribution >= 0.6 is 0 Å². The molecule has 1 saturated heterocycles. The van der Waals surface area contributed by atoms with Crippen LogP contribution in [0, 0.1) is 0 Å². The first-order chi connectivity index (χ1) is 11.3. The summed E-state index contributed by atoms with van der Waals surface area (Å²) in [6.07, 6.45) is 5.02. The number of pyridine rings is 1. The van der Waals surface area contributed by atoms with E-state index in [1.807, 2.05) is 25.1 Å². The average molecular weight is 313 g/mol. The molecular formula is C16H19N5O2. The Kier molecular flexibility index (Phi) is 4.65. The van der Waals surface area contributed by atoms with E-state index in [9.17, 15) is 4.79 Å². The Labute approximate surface area is 134 Å². The number of carbonyl (C=O) groups is 1. The number of piperazine rings is 1. The van der Waals surface area contributed by atoms with Gasteiger partial charge in [-0.1, -0.05) is 0 Å². The van der Waals surface area contributed by atoms with Gasteiger partial charge in [-0.25, -0.2) is 14.8 Å². The minimum atomic E-state index is -0.253. The fourth-order valence-corrected chi connectivity index (χ4v) is 2.48. The van der Waals surface area contributed by atoms with E-state index in [1.54, 1.807) is 23.5 Å². The molecule has 1 amide bonds. The van der Waals surface area contributed by atoms with E-state index in [-0.39, 0.29) is 6.09 Å². The average Bonchev–Trinajstić information content (AvgIpc) is 2.63. The molecule has 7 heteroatoms. The lowest BCUT2D eigenvalue weighted by atomic mass is 10.2. The summed E-state index contributed by atoms with van der Waals surface area (Å²) in [6.45, 7) is 4.81. The Balaban J connectivity index is 1.68. The molecule has 0 aromatic carbocycles. The van der Waals surface area contributed by atoms with E-state index in [0.717, 1.165) is 11.3 Å². The number of rotatable bonds is 3. The fourth-order valence-electron chi connectivity index (χ4n) is 2.48. The normalized spacial score (nSPS) is 14.7. The zero-order valence-corrected chi connectivity index (χ0v) is 13.1. The molecule has 0 radical (unpaired) electrons. The van der Waals surface area contributed by atoms with Crippen LogP contribution in [0.25, 0.3) is 11.3 Å². The maximum atomic E-state index is 11.7. The van der Waals surface area contributed by atoms with Crippen molar-refractivity contribution in [3.63, 3.8) is 0 Å². The molecular weight excluding hydrogens is 294 g/mol. The molecule has 120 valence electrons. The van der Waals surface area contributed by atoms with E-state index in [0.29, 0.717) is 38.7 Å². The molecule has 3 rings (SSSR count). The van der Waals surface area contributed by atoms with Crippen molar-refractivity contribution < 1.29 is 9.53 Å². The van der Waals surface area contributed by atoms with E-state index < -0.39 is 0 Å². The number of anilines is 1. The molecule has 23 heavy (non-hydrogen) atoms. The van der Waals surface area contributed by atoms with Gasteiger partial charge in [-0.15, -0.1) is 0 Å². The topological polar surface area (TPSA) is 71.5 Å². The van der Waals surface area contributed by atoms with Crippen molar-refractivity contribution in [2.24, 2.45) is 0 Å². The van der Waals surface area contributed by atoms with Crippen LogP contribution in [0.5, 0.6) is 0 Å². The van der Waals surface area contributed by atoms with Crippen molar-refractivity contribution in [1.82, 2.24) is 19.9 Å². The first kappa shape index (κ1) is 15.2. The monoisotopic (exact) mass is 313 g/mol. The van der Waals surface area contributed by atoms with Crippen LogP contribution in [-0.2, 0) is 4.74 Å². The molecule has 0 spiro atoms. The van der Waals surface area contributed by atoms with Crippen LogP contribution in [0.4, 0.5) is 10.7 Å².